The second-order valence-corrected chi connectivity index (χ2v) is 5.95. The van der Waals surface area contributed by atoms with Gasteiger partial charge in [-0.25, -0.2) is 9.59 Å². The number of hydrogen-bond acceptors (Lipinski definition) is 3. The Hall–Kier alpha value is -1.69. The summed E-state index contributed by atoms with van der Waals surface area (Å²) in [5.74, 6) is -0.305. The number of carboxylic acids is 1. The van der Waals surface area contributed by atoms with E-state index in [1.54, 1.807) is 18.8 Å². The monoisotopic (exact) mass is 310 g/mol. The van der Waals surface area contributed by atoms with Crippen molar-refractivity contribution in [2.24, 2.45) is 0 Å². The summed E-state index contributed by atoms with van der Waals surface area (Å²) in [4.78, 5) is 24.7. The van der Waals surface area contributed by atoms with Gasteiger partial charge in [0.2, 0.25) is 0 Å². The zero-order valence-electron chi connectivity index (χ0n) is 12.6. The topological polar surface area (TPSA) is 69.6 Å². The summed E-state index contributed by atoms with van der Waals surface area (Å²) in [6.45, 7) is 2.44. The highest BCUT2D eigenvalue weighted by molar-refractivity contribution is 7.98. The highest BCUT2D eigenvalue weighted by Gasteiger charge is 2.21. The van der Waals surface area contributed by atoms with Crippen LogP contribution in [-0.4, -0.2) is 47.1 Å². The molecule has 0 spiro atoms. The zero-order chi connectivity index (χ0) is 15.8. The van der Waals surface area contributed by atoms with Gasteiger partial charge in [0.15, 0.2) is 0 Å². The minimum Gasteiger partial charge on any atom is -0.480 e. The molecule has 0 heterocycles. The molecular formula is C15H22N2O3S. The van der Waals surface area contributed by atoms with Crippen LogP contribution in [0.5, 0.6) is 0 Å². The van der Waals surface area contributed by atoms with Crippen molar-refractivity contribution >= 4 is 23.8 Å². The average molecular weight is 310 g/mol. The zero-order valence-corrected chi connectivity index (χ0v) is 13.4. The van der Waals surface area contributed by atoms with E-state index in [4.69, 9.17) is 5.11 Å². The molecule has 1 aromatic carbocycles. The van der Waals surface area contributed by atoms with Crippen LogP contribution < -0.4 is 5.32 Å². The lowest BCUT2D eigenvalue weighted by molar-refractivity contribution is -0.139. The number of benzene rings is 1. The van der Waals surface area contributed by atoms with Gasteiger partial charge in [-0.1, -0.05) is 29.8 Å². The molecule has 0 aromatic heterocycles. The smallest absolute Gasteiger partial charge is 0.326 e. The first kappa shape index (κ1) is 17.4. The summed E-state index contributed by atoms with van der Waals surface area (Å²) in [6, 6.07) is 6.67. The normalized spacial score (nSPS) is 11.8. The minimum absolute atomic E-state index is 0.370. The van der Waals surface area contributed by atoms with E-state index in [1.165, 1.54) is 4.90 Å². The van der Waals surface area contributed by atoms with Crippen LogP contribution in [0.1, 0.15) is 17.5 Å². The summed E-state index contributed by atoms with van der Waals surface area (Å²) in [5, 5.41) is 11.7. The third-order valence-electron chi connectivity index (χ3n) is 3.06. The van der Waals surface area contributed by atoms with Crippen molar-refractivity contribution in [1.82, 2.24) is 10.2 Å². The molecule has 0 radical (unpaired) electrons. The Morgan fingerprint density at radius 3 is 2.71 bits per heavy atom. The van der Waals surface area contributed by atoms with Gasteiger partial charge in [-0.2, -0.15) is 11.8 Å². The Bertz CT molecular complexity index is 494. The van der Waals surface area contributed by atoms with Gasteiger partial charge < -0.3 is 15.3 Å². The number of urea groups is 1. The first-order valence-electron chi connectivity index (χ1n) is 6.73. The predicted octanol–water partition coefficient (Wildman–Crippen LogP) is 2.34. The van der Waals surface area contributed by atoms with E-state index in [1.807, 2.05) is 37.4 Å². The van der Waals surface area contributed by atoms with Crippen molar-refractivity contribution in [2.75, 3.05) is 19.1 Å². The molecule has 5 nitrogen and oxygen atoms in total. The van der Waals surface area contributed by atoms with Gasteiger partial charge in [-0.15, -0.1) is 0 Å². The quantitative estimate of drug-likeness (QED) is 0.811. The Balaban J connectivity index is 2.58. The molecule has 0 saturated heterocycles. The largest absolute Gasteiger partial charge is 0.480 e. The Kier molecular flexibility index (Phi) is 7.08. The van der Waals surface area contributed by atoms with E-state index < -0.39 is 12.0 Å². The summed E-state index contributed by atoms with van der Waals surface area (Å²) in [6.07, 6.45) is 2.32. The van der Waals surface area contributed by atoms with Crippen molar-refractivity contribution in [3.8, 4) is 0 Å². The number of rotatable bonds is 7. The van der Waals surface area contributed by atoms with Crippen LogP contribution in [0.15, 0.2) is 24.3 Å². The fourth-order valence-electron chi connectivity index (χ4n) is 1.91. The van der Waals surface area contributed by atoms with E-state index >= 15 is 0 Å². The highest BCUT2D eigenvalue weighted by atomic mass is 32.2. The second-order valence-electron chi connectivity index (χ2n) is 4.97. The van der Waals surface area contributed by atoms with Crippen LogP contribution in [0.4, 0.5) is 4.79 Å². The summed E-state index contributed by atoms with van der Waals surface area (Å²) < 4.78 is 0. The standard InChI is InChI=1S/C15H22N2O3S/c1-11-5-4-6-12(9-11)10-17(2)15(20)16-13(14(18)19)7-8-21-3/h4-6,9,13H,7-8,10H2,1-3H3,(H,16,20)(H,18,19)/t13-/m0/s1. The summed E-state index contributed by atoms with van der Waals surface area (Å²) in [7, 11) is 1.66. The Labute approximate surface area is 129 Å². The van der Waals surface area contributed by atoms with Crippen LogP contribution in [0.2, 0.25) is 0 Å². The molecule has 1 atom stereocenters. The van der Waals surface area contributed by atoms with Crippen molar-refractivity contribution in [3.05, 3.63) is 35.4 Å². The molecule has 6 heteroatoms. The van der Waals surface area contributed by atoms with Gasteiger partial charge in [-0.05, 0) is 30.9 Å². The van der Waals surface area contributed by atoms with E-state index in [-0.39, 0.29) is 6.03 Å². The number of carboxylic acid groups (broad SMARTS) is 1. The van der Waals surface area contributed by atoms with Gasteiger partial charge >= 0.3 is 12.0 Å². The molecule has 0 fully saturated rings. The molecule has 0 unspecified atom stereocenters. The van der Waals surface area contributed by atoms with Gasteiger partial charge in [0.05, 0.1) is 0 Å². The number of amides is 2. The molecule has 0 aliphatic heterocycles. The van der Waals surface area contributed by atoms with Crippen molar-refractivity contribution in [2.45, 2.75) is 25.9 Å². The third-order valence-corrected chi connectivity index (χ3v) is 3.70. The number of nitrogens with one attached hydrogen (secondary N) is 1. The van der Waals surface area contributed by atoms with E-state index in [0.29, 0.717) is 18.7 Å². The molecule has 116 valence electrons. The maximum Gasteiger partial charge on any atom is 0.326 e. The first-order chi connectivity index (χ1) is 9.93. The fourth-order valence-corrected chi connectivity index (χ4v) is 2.38. The maximum absolute atomic E-state index is 12.1. The first-order valence-corrected chi connectivity index (χ1v) is 8.12. The molecule has 2 N–H and O–H groups in total. The SMILES string of the molecule is CSCC[C@H](NC(=O)N(C)Cc1cccc(C)c1)C(=O)O. The van der Waals surface area contributed by atoms with Gasteiger partial charge in [-0.3, -0.25) is 0 Å². The molecule has 1 aromatic rings. The van der Waals surface area contributed by atoms with Crippen molar-refractivity contribution < 1.29 is 14.7 Å². The average Bonchev–Trinajstić information content (AvgIpc) is 2.42. The third kappa shape index (κ3) is 6.08. The van der Waals surface area contributed by atoms with Crippen LogP contribution >= 0.6 is 11.8 Å². The van der Waals surface area contributed by atoms with Crippen molar-refractivity contribution in [1.29, 1.82) is 0 Å². The molecule has 1 rings (SSSR count). The number of carbonyl (C=O) groups is 2. The van der Waals surface area contributed by atoms with Crippen LogP contribution in [0.25, 0.3) is 0 Å². The van der Waals surface area contributed by atoms with Crippen LogP contribution in [-0.2, 0) is 11.3 Å². The summed E-state index contributed by atoms with van der Waals surface area (Å²) in [5.41, 5.74) is 2.15. The number of carbonyl (C=O) groups excluding carboxylic acids is 1. The van der Waals surface area contributed by atoms with Crippen molar-refractivity contribution in [3.63, 3.8) is 0 Å². The fraction of sp³-hybridized carbons (Fsp3) is 0.467. The van der Waals surface area contributed by atoms with Crippen LogP contribution in [0.3, 0.4) is 0 Å². The molecule has 21 heavy (non-hydrogen) atoms. The maximum atomic E-state index is 12.1. The number of aliphatic carboxylic acids is 1. The van der Waals surface area contributed by atoms with E-state index in [2.05, 4.69) is 5.32 Å². The second kappa shape index (κ2) is 8.56. The molecule has 0 bridgehead atoms. The van der Waals surface area contributed by atoms with Gasteiger partial charge in [0, 0.05) is 13.6 Å². The lowest BCUT2D eigenvalue weighted by atomic mass is 10.1. The molecular weight excluding hydrogens is 288 g/mol. The molecule has 0 aliphatic carbocycles. The lowest BCUT2D eigenvalue weighted by Crippen LogP contribution is -2.46. The summed E-state index contributed by atoms with van der Waals surface area (Å²) >= 11 is 1.56. The minimum atomic E-state index is -0.999. The number of nitrogens with zero attached hydrogens (tertiary/aromatic N) is 1. The number of thioether (sulfide) groups is 1. The number of aryl methyl sites for hydroxylation is 1. The van der Waals surface area contributed by atoms with Crippen LogP contribution in [0, 0.1) is 6.92 Å². The lowest BCUT2D eigenvalue weighted by Gasteiger charge is -2.21. The Morgan fingerprint density at radius 1 is 1.43 bits per heavy atom. The molecule has 0 aliphatic rings. The molecule has 2 amide bonds. The van der Waals surface area contributed by atoms with E-state index in [0.717, 1.165) is 11.1 Å². The Morgan fingerprint density at radius 2 is 2.14 bits per heavy atom. The van der Waals surface area contributed by atoms with Gasteiger partial charge in [0.25, 0.3) is 0 Å². The van der Waals surface area contributed by atoms with E-state index in [9.17, 15) is 9.59 Å². The highest BCUT2D eigenvalue weighted by Crippen LogP contribution is 2.07. The number of hydrogen-bond donors (Lipinski definition) is 2. The predicted molar refractivity (Wildman–Crippen MR) is 85.6 cm³/mol. The molecule has 0 saturated carbocycles. The van der Waals surface area contributed by atoms with Gasteiger partial charge in [0.1, 0.15) is 6.04 Å².